The van der Waals surface area contributed by atoms with Crippen molar-refractivity contribution < 1.29 is 67.2 Å². The molecule has 488 valence electrons. The zero-order valence-electron chi connectivity index (χ0n) is 50.5. The molecule has 0 aliphatic carbocycles. The molecular formula is C60H85F2IN14O12. The molecule has 3 fully saturated rings. The minimum atomic E-state index is -3.05. The Hall–Kier alpha value is -7.06. The number of amides is 5. The van der Waals surface area contributed by atoms with Gasteiger partial charge in [0.05, 0.1) is 63.0 Å². The highest BCUT2D eigenvalue weighted by Gasteiger charge is 2.46. The quantitative estimate of drug-likeness (QED) is 0.0155. The number of aliphatic imine (C=N–C) groups is 1. The SMILES string of the molecule is C/N=C/[C@H]1CC(F)(F)CN1C(=O)CNC(=O)c1ccnc2ccc(OCCCN3CCN(C(=O)CC/C=N\N[C@H](CCCCNC(=O)CCCc4ccc(I)cc4)NC(=O)CN4CCN(CC(=O)O)CCN(CC(=O)O)CCN(CC(=O)O)CC4)CC3)cc12. The largest absolute Gasteiger partial charge is 0.494 e. The second kappa shape index (κ2) is 37.2. The van der Waals surface area contributed by atoms with Crippen LogP contribution < -0.4 is 26.1 Å². The number of carbonyl (C=O) groups excluding carboxylic acids is 5. The predicted octanol–water partition coefficient (Wildman–Crippen LogP) is 2.00. The summed E-state index contributed by atoms with van der Waals surface area (Å²) < 4.78 is 35.5. The minimum Gasteiger partial charge on any atom is -0.494 e. The number of hydrazone groups is 1. The van der Waals surface area contributed by atoms with Gasteiger partial charge >= 0.3 is 17.9 Å². The number of hydrogen-bond acceptors (Lipinski definition) is 18. The Morgan fingerprint density at radius 1 is 0.730 bits per heavy atom. The van der Waals surface area contributed by atoms with Crippen molar-refractivity contribution in [3.05, 3.63) is 69.4 Å². The molecule has 3 aliphatic heterocycles. The molecule has 0 spiro atoms. The molecule has 0 radical (unpaired) electrons. The Kier molecular flexibility index (Phi) is 29.7. The van der Waals surface area contributed by atoms with E-state index < -0.39 is 67.4 Å². The van der Waals surface area contributed by atoms with E-state index >= 15 is 0 Å². The third-order valence-corrected chi connectivity index (χ3v) is 16.2. The third kappa shape index (κ3) is 26.1. The molecule has 0 bridgehead atoms. The average Bonchev–Trinajstić information content (AvgIpc) is 3.84. The number of halogens is 3. The van der Waals surface area contributed by atoms with Crippen molar-refractivity contribution in [2.45, 2.75) is 82.3 Å². The number of aromatic nitrogens is 1. The average molecular weight is 1360 g/mol. The number of hydrogen-bond donors (Lipinski definition) is 7. The van der Waals surface area contributed by atoms with Crippen molar-refractivity contribution in [1.82, 2.24) is 60.7 Å². The third-order valence-electron chi connectivity index (χ3n) is 15.5. The number of nitrogens with one attached hydrogen (secondary N) is 4. The Morgan fingerprint density at radius 3 is 1.97 bits per heavy atom. The van der Waals surface area contributed by atoms with Crippen LogP contribution in [0.4, 0.5) is 8.78 Å². The van der Waals surface area contributed by atoms with Gasteiger partial charge in [0.2, 0.25) is 23.6 Å². The van der Waals surface area contributed by atoms with Crippen LogP contribution in [0.3, 0.4) is 0 Å². The van der Waals surface area contributed by atoms with Crippen LogP contribution in [0.5, 0.6) is 5.75 Å². The first-order valence-electron chi connectivity index (χ1n) is 30.2. The fourth-order valence-electron chi connectivity index (χ4n) is 10.7. The zero-order valence-corrected chi connectivity index (χ0v) is 52.7. The van der Waals surface area contributed by atoms with Gasteiger partial charge in [0, 0.05) is 146 Å². The fourth-order valence-corrected chi connectivity index (χ4v) is 11.1. The molecule has 3 aromatic rings. The number of pyridine rings is 1. The van der Waals surface area contributed by atoms with E-state index in [0.717, 1.165) is 21.4 Å². The van der Waals surface area contributed by atoms with Crippen molar-refractivity contribution in [2.24, 2.45) is 10.1 Å². The summed E-state index contributed by atoms with van der Waals surface area (Å²) in [6, 6.07) is 14.0. The van der Waals surface area contributed by atoms with Gasteiger partial charge < -0.3 is 45.8 Å². The van der Waals surface area contributed by atoms with Gasteiger partial charge in [-0.1, -0.05) is 12.1 Å². The summed E-state index contributed by atoms with van der Waals surface area (Å²) in [5, 5.41) is 42.3. The number of alkyl halides is 2. The van der Waals surface area contributed by atoms with E-state index in [1.54, 1.807) is 39.1 Å². The lowest BCUT2D eigenvalue weighted by Crippen LogP contribution is -2.51. The predicted molar refractivity (Wildman–Crippen MR) is 337 cm³/mol. The Balaban J connectivity index is 0.950. The summed E-state index contributed by atoms with van der Waals surface area (Å²) in [5.41, 5.74) is 4.99. The van der Waals surface area contributed by atoms with E-state index in [-0.39, 0.29) is 108 Å². The van der Waals surface area contributed by atoms with Crippen LogP contribution in [0.25, 0.3) is 10.9 Å². The number of aliphatic carboxylic acids is 3. The minimum absolute atomic E-state index is 0.0222. The second-order valence-corrected chi connectivity index (χ2v) is 23.7. The van der Waals surface area contributed by atoms with Gasteiger partial charge in [0.1, 0.15) is 11.9 Å². The van der Waals surface area contributed by atoms with E-state index in [9.17, 15) is 62.5 Å². The van der Waals surface area contributed by atoms with Gasteiger partial charge in [-0.25, -0.2) is 8.78 Å². The van der Waals surface area contributed by atoms with Crippen LogP contribution in [-0.4, -0.2) is 277 Å². The second-order valence-electron chi connectivity index (χ2n) is 22.4. The van der Waals surface area contributed by atoms with E-state index in [1.807, 2.05) is 21.9 Å². The maximum absolute atomic E-state index is 14.1. The molecule has 4 heterocycles. The van der Waals surface area contributed by atoms with Crippen molar-refractivity contribution in [3.8, 4) is 5.75 Å². The lowest BCUT2D eigenvalue weighted by atomic mass is 10.1. The van der Waals surface area contributed by atoms with Crippen LogP contribution in [0.15, 0.2) is 64.8 Å². The number of aryl methyl sites for hydroxylation is 1. The number of unbranched alkanes of at least 4 members (excludes halogenated alkanes) is 1. The molecule has 3 aliphatic rings. The number of carboxylic acids is 3. The summed E-state index contributed by atoms with van der Waals surface area (Å²) in [5.74, 6) is -7.34. The van der Waals surface area contributed by atoms with E-state index in [4.69, 9.17) is 4.74 Å². The van der Waals surface area contributed by atoms with Gasteiger partial charge in [-0.3, -0.25) is 78.3 Å². The molecule has 2 aromatic carbocycles. The molecule has 0 saturated carbocycles. The highest BCUT2D eigenvalue weighted by molar-refractivity contribution is 14.1. The molecule has 29 heteroatoms. The summed E-state index contributed by atoms with van der Waals surface area (Å²) in [4.78, 5) is 121. The molecule has 6 rings (SSSR count). The maximum Gasteiger partial charge on any atom is 0.317 e. The number of benzene rings is 2. The number of nitrogens with zero attached hydrogens (tertiary/aromatic N) is 10. The zero-order chi connectivity index (χ0) is 64.1. The Morgan fingerprint density at radius 2 is 1.35 bits per heavy atom. The Bertz CT molecular complexity index is 2860. The summed E-state index contributed by atoms with van der Waals surface area (Å²) >= 11 is 2.26. The van der Waals surface area contributed by atoms with Crippen molar-refractivity contribution in [2.75, 3.05) is 145 Å². The van der Waals surface area contributed by atoms with Gasteiger partial charge in [-0.2, -0.15) is 5.10 Å². The monoisotopic (exact) mass is 1360 g/mol. The number of rotatable bonds is 32. The summed E-state index contributed by atoms with van der Waals surface area (Å²) in [6.45, 7) is 3.74. The lowest BCUT2D eigenvalue weighted by Gasteiger charge is -2.34. The first kappa shape index (κ1) is 71.0. The normalized spacial score (nSPS) is 18.1. The molecule has 3 saturated heterocycles. The topological polar surface area (TPSA) is 315 Å². The number of likely N-dealkylation sites (tertiary alicyclic amines) is 1. The number of fused-ring (bicyclic) bond motifs is 1. The fraction of sp³-hybridized carbons (Fsp3) is 0.583. The molecular weight excluding hydrogens is 1270 g/mol. The highest BCUT2D eigenvalue weighted by atomic mass is 127. The molecule has 89 heavy (non-hydrogen) atoms. The smallest absolute Gasteiger partial charge is 0.317 e. The molecule has 1 aromatic heterocycles. The maximum atomic E-state index is 14.1. The van der Waals surface area contributed by atoms with E-state index in [2.05, 4.69) is 76.1 Å². The van der Waals surface area contributed by atoms with Crippen LogP contribution >= 0.6 is 22.6 Å². The summed E-state index contributed by atoms with van der Waals surface area (Å²) in [6.07, 6.45) is 8.00. The van der Waals surface area contributed by atoms with Crippen LogP contribution in [0.1, 0.15) is 73.7 Å². The molecule has 26 nitrogen and oxygen atoms in total. The highest BCUT2D eigenvalue weighted by Crippen LogP contribution is 2.31. The van der Waals surface area contributed by atoms with Gasteiger partial charge in [-0.15, -0.1) is 0 Å². The number of ether oxygens (including phenoxy) is 1. The first-order valence-corrected chi connectivity index (χ1v) is 31.3. The molecule has 0 unspecified atom stereocenters. The van der Waals surface area contributed by atoms with Gasteiger partial charge in [0.25, 0.3) is 11.8 Å². The van der Waals surface area contributed by atoms with Crippen molar-refractivity contribution >= 4 is 93.4 Å². The summed E-state index contributed by atoms with van der Waals surface area (Å²) in [7, 11) is 1.45. The van der Waals surface area contributed by atoms with Crippen molar-refractivity contribution in [3.63, 3.8) is 0 Å². The van der Waals surface area contributed by atoms with E-state index in [0.29, 0.717) is 101 Å². The standard InChI is InChI=1S/C60H85F2IN14O12/c1-64-37-46-36-60(61,62)43-77(46)55(81)38-67-59(88)48-17-20-65-50-16-15-47(35-49(48)50)89-34-6-21-71-30-32-76(33-31-71)54(80)10-5-19-68-70-51(8-2-3-18-66-52(78)9-4-7-44-11-13-45(63)14-12-44)69-53(79)39-72-22-24-73(40-56(82)83)26-28-75(42-58(86)87)29-27-74(25-23-72)41-57(84)85/h11-17,19-20,35,37,46,51,70H,2-10,18,21-34,36,38-43H2,1H3,(H,66,78)(H,67,88)(H,69,79)(H,82,83)(H,84,85)(H,86,87)/b64-37+,68-19-/t46-,51-/m1/s1. The number of carboxylic acid groups (broad SMARTS) is 3. The van der Waals surface area contributed by atoms with Gasteiger partial charge in [-0.05, 0) is 109 Å². The van der Waals surface area contributed by atoms with Crippen LogP contribution in [0.2, 0.25) is 0 Å². The first-order chi connectivity index (χ1) is 42.7. The van der Waals surface area contributed by atoms with Crippen LogP contribution in [0, 0.1) is 3.57 Å². The number of carbonyl (C=O) groups is 8. The van der Waals surface area contributed by atoms with E-state index in [1.165, 1.54) is 31.1 Å². The van der Waals surface area contributed by atoms with Crippen LogP contribution in [-0.2, 0) is 40.0 Å². The Labute approximate surface area is 530 Å². The molecule has 5 amide bonds. The number of piperazine rings is 1. The molecule has 7 N–H and O–H groups in total. The van der Waals surface area contributed by atoms with Gasteiger partial charge in [0.15, 0.2) is 0 Å². The lowest BCUT2D eigenvalue weighted by molar-refractivity contribution is -0.140. The van der Waals surface area contributed by atoms with Crippen molar-refractivity contribution in [1.29, 1.82) is 0 Å². The molecule has 2 atom stereocenters.